The van der Waals surface area contributed by atoms with Crippen molar-refractivity contribution in [1.82, 2.24) is 15.3 Å². The molecule has 4 nitrogen and oxygen atoms in total. The second-order valence-electron chi connectivity index (χ2n) is 4.46. The average molecular weight is 209 g/mol. The molecule has 2 rings (SSSR count). The first-order valence-electron chi connectivity index (χ1n) is 5.60. The minimum atomic E-state index is 0.284. The van der Waals surface area contributed by atoms with Gasteiger partial charge in [-0.25, -0.2) is 4.98 Å². The smallest absolute Gasteiger partial charge is 0.106 e. The van der Waals surface area contributed by atoms with E-state index in [0.29, 0.717) is 5.92 Å². The van der Waals surface area contributed by atoms with Crippen molar-refractivity contribution in [3.8, 4) is 0 Å². The summed E-state index contributed by atoms with van der Waals surface area (Å²) in [5.41, 5.74) is 1.14. The molecular weight excluding hydrogens is 190 g/mol. The minimum absolute atomic E-state index is 0.284. The van der Waals surface area contributed by atoms with Crippen LogP contribution in [0.25, 0.3) is 0 Å². The Balaban J connectivity index is 1.99. The molecule has 15 heavy (non-hydrogen) atoms. The quantitative estimate of drug-likeness (QED) is 0.788. The van der Waals surface area contributed by atoms with Crippen molar-refractivity contribution < 1.29 is 4.74 Å². The SMILES string of the molecule is CC(C)Cc1ncc(C2COCCN2)[nH]1. The third-order valence-corrected chi connectivity index (χ3v) is 2.55. The van der Waals surface area contributed by atoms with Crippen molar-refractivity contribution >= 4 is 0 Å². The number of imidazole rings is 1. The zero-order valence-electron chi connectivity index (χ0n) is 9.42. The topological polar surface area (TPSA) is 49.9 Å². The first-order valence-corrected chi connectivity index (χ1v) is 5.60. The van der Waals surface area contributed by atoms with Gasteiger partial charge in [-0.2, -0.15) is 0 Å². The summed E-state index contributed by atoms with van der Waals surface area (Å²) in [6.45, 7) is 6.87. The van der Waals surface area contributed by atoms with Gasteiger partial charge in [0.05, 0.1) is 24.9 Å². The number of hydrogen-bond donors (Lipinski definition) is 2. The molecule has 1 unspecified atom stereocenters. The molecule has 4 heteroatoms. The van der Waals surface area contributed by atoms with Gasteiger partial charge >= 0.3 is 0 Å². The standard InChI is InChI=1S/C11H19N3O/c1-8(2)5-11-13-6-9(14-11)10-7-15-4-3-12-10/h6,8,10,12H,3-5,7H2,1-2H3,(H,13,14). The summed E-state index contributed by atoms with van der Waals surface area (Å²) < 4.78 is 5.42. The van der Waals surface area contributed by atoms with Crippen LogP contribution >= 0.6 is 0 Å². The highest BCUT2D eigenvalue weighted by Gasteiger charge is 2.17. The van der Waals surface area contributed by atoms with E-state index in [9.17, 15) is 0 Å². The number of hydrogen-bond acceptors (Lipinski definition) is 3. The van der Waals surface area contributed by atoms with Gasteiger partial charge in [0.15, 0.2) is 0 Å². The molecule has 0 aromatic carbocycles. The molecule has 0 amide bonds. The summed E-state index contributed by atoms with van der Waals surface area (Å²) in [5.74, 6) is 1.71. The van der Waals surface area contributed by atoms with Gasteiger partial charge < -0.3 is 15.0 Å². The van der Waals surface area contributed by atoms with E-state index in [2.05, 4.69) is 29.1 Å². The largest absolute Gasteiger partial charge is 0.378 e. The first-order chi connectivity index (χ1) is 7.25. The van der Waals surface area contributed by atoms with Crippen LogP contribution in [-0.4, -0.2) is 29.7 Å². The number of morpholine rings is 1. The highest BCUT2D eigenvalue weighted by molar-refractivity contribution is 5.08. The van der Waals surface area contributed by atoms with Gasteiger partial charge in [-0.05, 0) is 5.92 Å². The number of aromatic nitrogens is 2. The van der Waals surface area contributed by atoms with Gasteiger partial charge in [-0.1, -0.05) is 13.8 Å². The molecule has 1 atom stereocenters. The second kappa shape index (κ2) is 4.77. The Labute approximate surface area is 90.4 Å². The number of rotatable bonds is 3. The van der Waals surface area contributed by atoms with E-state index in [1.165, 1.54) is 0 Å². The Morgan fingerprint density at radius 2 is 2.47 bits per heavy atom. The molecule has 1 aromatic rings. The van der Waals surface area contributed by atoms with Crippen molar-refractivity contribution in [2.24, 2.45) is 5.92 Å². The Bertz CT molecular complexity index is 303. The Hall–Kier alpha value is -0.870. The fraction of sp³-hybridized carbons (Fsp3) is 0.727. The number of nitrogens with one attached hydrogen (secondary N) is 2. The van der Waals surface area contributed by atoms with E-state index >= 15 is 0 Å². The van der Waals surface area contributed by atoms with E-state index < -0.39 is 0 Å². The van der Waals surface area contributed by atoms with Crippen molar-refractivity contribution in [2.45, 2.75) is 26.3 Å². The summed E-state index contributed by atoms with van der Waals surface area (Å²) >= 11 is 0. The fourth-order valence-corrected chi connectivity index (χ4v) is 1.81. The summed E-state index contributed by atoms with van der Waals surface area (Å²) in [7, 11) is 0. The van der Waals surface area contributed by atoms with Gasteiger partial charge in [-0.15, -0.1) is 0 Å². The second-order valence-corrected chi connectivity index (χ2v) is 4.46. The molecule has 0 aliphatic carbocycles. The van der Waals surface area contributed by atoms with Crippen LogP contribution in [0.15, 0.2) is 6.20 Å². The van der Waals surface area contributed by atoms with Crippen molar-refractivity contribution in [3.63, 3.8) is 0 Å². The normalized spacial score (nSPS) is 22.2. The lowest BCUT2D eigenvalue weighted by Crippen LogP contribution is -2.34. The van der Waals surface area contributed by atoms with Gasteiger partial charge in [-0.3, -0.25) is 0 Å². The highest BCUT2D eigenvalue weighted by atomic mass is 16.5. The molecule has 1 fully saturated rings. The molecular formula is C11H19N3O. The molecule has 0 radical (unpaired) electrons. The number of nitrogens with zero attached hydrogens (tertiary/aromatic N) is 1. The molecule has 0 saturated carbocycles. The van der Waals surface area contributed by atoms with Crippen LogP contribution < -0.4 is 5.32 Å². The zero-order chi connectivity index (χ0) is 10.7. The van der Waals surface area contributed by atoms with Crippen LogP contribution in [-0.2, 0) is 11.2 Å². The molecule has 1 aliphatic heterocycles. The summed E-state index contributed by atoms with van der Waals surface area (Å²) in [5, 5.41) is 3.41. The maximum Gasteiger partial charge on any atom is 0.106 e. The molecule has 1 aliphatic rings. The lowest BCUT2D eigenvalue weighted by Gasteiger charge is -2.22. The summed E-state index contributed by atoms with van der Waals surface area (Å²) in [6, 6.07) is 0.284. The lowest BCUT2D eigenvalue weighted by atomic mass is 10.1. The lowest BCUT2D eigenvalue weighted by molar-refractivity contribution is 0.0757. The van der Waals surface area contributed by atoms with E-state index in [4.69, 9.17) is 4.74 Å². The third kappa shape index (κ3) is 2.79. The molecule has 1 aromatic heterocycles. The minimum Gasteiger partial charge on any atom is -0.378 e. The number of aromatic amines is 1. The van der Waals surface area contributed by atoms with Crippen LogP contribution in [0, 0.1) is 5.92 Å². The molecule has 2 heterocycles. The Kier molecular flexibility index (Phi) is 3.38. The van der Waals surface area contributed by atoms with Gasteiger partial charge in [0.25, 0.3) is 0 Å². The molecule has 84 valence electrons. The molecule has 0 bridgehead atoms. The monoisotopic (exact) mass is 209 g/mol. The summed E-state index contributed by atoms with van der Waals surface area (Å²) in [6.07, 6.45) is 2.93. The van der Waals surface area contributed by atoms with Gasteiger partial charge in [0.2, 0.25) is 0 Å². The maximum absolute atomic E-state index is 5.42. The van der Waals surface area contributed by atoms with Crippen LogP contribution in [0.5, 0.6) is 0 Å². The van der Waals surface area contributed by atoms with Crippen molar-refractivity contribution in [2.75, 3.05) is 19.8 Å². The number of H-pyrrole nitrogens is 1. The van der Waals surface area contributed by atoms with E-state index in [-0.39, 0.29) is 6.04 Å². The van der Waals surface area contributed by atoms with Crippen molar-refractivity contribution in [3.05, 3.63) is 17.7 Å². The zero-order valence-corrected chi connectivity index (χ0v) is 9.42. The summed E-state index contributed by atoms with van der Waals surface area (Å²) in [4.78, 5) is 7.74. The highest BCUT2D eigenvalue weighted by Crippen LogP contribution is 2.14. The predicted octanol–water partition coefficient (Wildman–Crippen LogP) is 1.27. The molecule has 1 saturated heterocycles. The van der Waals surface area contributed by atoms with E-state index in [1.807, 2.05) is 6.20 Å². The average Bonchev–Trinajstić information content (AvgIpc) is 2.67. The van der Waals surface area contributed by atoms with Crippen LogP contribution in [0.2, 0.25) is 0 Å². The van der Waals surface area contributed by atoms with Gasteiger partial charge in [0, 0.05) is 19.2 Å². The Morgan fingerprint density at radius 1 is 1.60 bits per heavy atom. The van der Waals surface area contributed by atoms with E-state index in [1.54, 1.807) is 0 Å². The molecule has 2 N–H and O–H groups in total. The van der Waals surface area contributed by atoms with Gasteiger partial charge in [0.1, 0.15) is 5.82 Å². The Morgan fingerprint density at radius 3 is 3.13 bits per heavy atom. The number of ether oxygens (including phenoxy) is 1. The van der Waals surface area contributed by atoms with Crippen molar-refractivity contribution in [1.29, 1.82) is 0 Å². The third-order valence-electron chi connectivity index (χ3n) is 2.55. The fourth-order valence-electron chi connectivity index (χ4n) is 1.81. The van der Waals surface area contributed by atoms with Crippen LogP contribution in [0.1, 0.15) is 31.4 Å². The van der Waals surface area contributed by atoms with E-state index in [0.717, 1.165) is 37.7 Å². The molecule has 0 spiro atoms. The predicted molar refractivity (Wildman–Crippen MR) is 58.7 cm³/mol. The maximum atomic E-state index is 5.42. The van der Waals surface area contributed by atoms with Crippen LogP contribution in [0.4, 0.5) is 0 Å². The first kappa shape index (κ1) is 10.6. The van der Waals surface area contributed by atoms with Crippen LogP contribution in [0.3, 0.4) is 0 Å².